The van der Waals surface area contributed by atoms with E-state index in [-0.39, 0.29) is 70.3 Å². The summed E-state index contributed by atoms with van der Waals surface area (Å²) < 4.78 is 6.03. The second-order valence-corrected chi connectivity index (χ2v) is 8.42. The van der Waals surface area contributed by atoms with Crippen molar-refractivity contribution in [2.75, 3.05) is 6.61 Å². The van der Waals surface area contributed by atoms with Crippen molar-refractivity contribution in [2.45, 2.75) is 65.2 Å². The van der Waals surface area contributed by atoms with Crippen molar-refractivity contribution < 1.29 is 9.84 Å². The number of phenols is 1. The number of aromatic hydroxyl groups is 1. The number of tetrazole rings is 1. The second kappa shape index (κ2) is 13.7. The predicted molar refractivity (Wildman–Crippen MR) is 130 cm³/mol. The Hall–Kier alpha value is -0.890. The standard InChI is InChI=1S/C24H32N4O2.2Na/c1-5-18-15-20(19-12-8-7-11-17(19)2)21(29)16-22(18)30-14-10-6-9-13-24(3,4)23-25-27-28-26-23;;/h7-8,11-12,15-16,29H,5-6,9-10,13-14H2,1-4H3,(H,25,26,27,28);;. The number of aromatic nitrogens is 4. The summed E-state index contributed by atoms with van der Waals surface area (Å²) in [6.45, 7) is 9.09. The number of rotatable bonds is 10. The molecule has 0 unspecified atom stereocenters. The predicted octanol–water partition coefficient (Wildman–Crippen LogP) is 4.60. The van der Waals surface area contributed by atoms with E-state index in [9.17, 15) is 5.11 Å². The largest absolute Gasteiger partial charge is 0.507 e. The normalized spacial score (nSPS) is 10.9. The zero-order chi connectivity index (χ0) is 21.6. The Morgan fingerprint density at radius 3 is 2.44 bits per heavy atom. The number of benzene rings is 2. The van der Waals surface area contributed by atoms with Crippen molar-refractivity contribution in [3.8, 4) is 22.6 Å². The topological polar surface area (TPSA) is 83.9 Å². The fourth-order valence-electron chi connectivity index (χ4n) is 3.70. The number of unbranched alkanes of at least 4 members (excludes halogenated alkanes) is 2. The van der Waals surface area contributed by atoms with Gasteiger partial charge in [-0.05, 0) is 48.9 Å². The molecule has 8 heteroatoms. The van der Waals surface area contributed by atoms with E-state index < -0.39 is 0 Å². The maximum Gasteiger partial charge on any atom is 0.180 e. The van der Waals surface area contributed by atoms with Crippen LogP contribution in [0.5, 0.6) is 11.5 Å². The summed E-state index contributed by atoms with van der Waals surface area (Å²) in [5.41, 5.74) is 4.10. The van der Waals surface area contributed by atoms with Gasteiger partial charge in [-0.25, -0.2) is 0 Å². The van der Waals surface area contributed by atoms with Crippen molar-refractivity contribution in [3.05, 3.63) is 53.3 Å². The van der Waals surface area contributed by atoms with Gasteiger partial charge in [0.05, 0.1) is 6.61 Å². The Labute approximate surface area is 235 Å². The van der Waals surface area contributed by atoms with E-state index in [1.807, 2.05) is 18.2 Å². The average molecular weight is 455 g/mol. The van der Waals surface area contributed by atoms with Crippen LogP contribution in [0.4, 0.5) is 0 Å². The van der Waals surface area contributed by atoms with E-state index in [0.29, 0.717) is 6.61 Å². The zero-order valence-electron chi connectivity index (χ0n) is 20.4. The van der Waals surface area contributed by atoms with Crippen LogP contribution < -0.4 is 4.74 Å². The first-order chi connectivity index (χ1) is 14.4. The Kier molecular flexibility index (Phi) is 12.5. The van der Waals surface area contributed by atoms with Crippen LogP contribution >= 0.6 is 0 Å². The van der Waals surface area contributed by atoms with Gasteiger partial charge in [-0.1, -0.05) is 63.1 Å². The van der Waals surface area contributed by atoms with Crippen molar-refractivity contribution in [2.24, 2.45) is 0 Å². The van der Waals surface area contributed by atoms with Crippen molar-refractivity contribution in [1.29, 1.82) is 0 Å². The molecule has 1 heterocycles. The molecule has 0 saturated carbocycles. The van der Waals surface area contributed by atoms with Gasteiger partial charge in [0.15, 0.2) is 5.82 Å². The SMILES string of the molecule is CCc1cc(-c2ccccc2C)c(O)cc1OCCCCCC(C)(C)c1nn[nH]n1.[Na].[Na]. The number of hydrogen-bond donors (Lipinski definition) is 2. The van der Waals surface area contributed by atoms with Gasteiger partial charge >= 0.3 is 0 Å². The maximum atomic E-state index is 10.6. The Morgan fingerprint density at radius 1 is 1.03 bits per heavy atom. The Bertz CT molecular complexity index is 963. The van der Waals surface area contributed by atoms with Crippen LogP contribution in [0.1, 0.15) is 63.4 Å². The van der Waals surface area contributed by atoms with Gasteiger partial charge in [0.25, 0.3) is 0 Å². The number of H-pyrrole nitrogens is 1. The van der Waals surface area contributed by atoms with E-state index in [4.69, 9.17) is 4.74 Å². The summed E-state index contributed by atoms with van der Waals surface area (Å²) in [6.07, 6.45) is 4.96. The van der Waals surface area contributed by atoms with Gasteiger partial charge in [-0.2, -0.15) is 5.21 Å². The number of phenolic OH excluding ortho intramolecular Hbond substituents is 1. The number of aromatic amines is 1. The minimum absolute atomic E-state index is 0. The Balaban J connectivity index is 0.00000256. The maximum absolute atomic E-state index is 10.6. The summed E-state index contributed by atoms with van der Waals surface area (Å²) in [7, 11) is 0. The molecule has 6 nitrogen and oxygen atoms in total. The molecule has 3 aromatic rings. The number of hydrogen-bond acceptors (Lipinski definition) is 5. The Morgan fingerprint density at radius 2 is 1.78 bits per heavy atom. The smallest absolute Gasteiger partial charge is 0.180 e. The molecule has 2 aromatic carbocycles. The number of nitrogens with one attached hydrogen (secondary N) is 1. The van der Waals surface area contributed by atoms with Crippen molar-refractivity contribution >= 4 is 59.1 Å². The molecule has 0 aliphatic rings. The monoisotopic (exact) mass is 454 g/mol. The van der Waals surface area contributed by atoms with Gasteiger partial charge < -0.3 is 9.84 Å². The third-order valence-electron chi connectivity index (χ3n) is 5.65. The van der Waals surface area contributed by atoms with Gasteiger partial charge in [-0.15, -0.1) is 10.2 Å². The molecule has 0 bridgehead atoms. The molecular weight excluding hydrogens is 422 g/mol. The van der Waals surface area contributed by atoms with Crippen molar-refractivity contribution in [1.82, 2.24) is 20.6 Å². The molecule has 2 N–H and O–H groups in total. The van der Waals surface area contributed by atoms with E-state index in [1.165, 1.54) is 0 Å². The van der Waals surface area contributed by atoms with E-state index >= 15 is 0 Å². The molecule has 0 saturated heterocycles. The molecule has 0 aliphatic heterocycles. The fraction of sp³-hybridized carbons (Fsp3) is 0.458. The molecule has 2 radical (unpaired) electrons. The molecule has 32 heavy (non-hydrogen) atoms. The molecule has 1 aromatic heterocycles. The van der Waals surface area contributed by atoms with Gasteiger partial charge in [-0.3, -0.25) is 0 Å². The van der Waals surface area contributed by atoms with E-state index in [2.05, 4.69) is 60.5 Å². The number of nitrogens with zero attached hydrogens (tertiary/aromatic N) is 3. The van der Waals surface area contributed by atoms with Crippen LogP contribution in [0.2, 0.25) is 0 Å². The minimum atomic E-state index is -0.0829. The van der Waals surface area contributed by atoms with Crippen molar-refractivity contribution in [3.63, 3.8) is 0 Å². The molecule has 0 fully saturated rings. The zero-order valence-corrected chi connectivity index (χ0v) is 24.4. The third-order valence-corrected chi connectivity index (χ3v) is 5.65. The second-order valence-electron chi connectivity index (χ2n) is 8.42. The summed E-state index contributed by atoms with van der Waals surface area (Å²) in [5.74, 6) is 1.80. The molecule has 0 atom stereocenters. The summed E-state index contributed by atoms with van der Waals surface area (Å²) in [6, 6.07) is 11.9. The van der Waals surface area contributed by atoms with Crippen LogP contribution in [-0.2, 0) is 11.8 Å². The van der Waals surface area contributed by atoms with Gasteiger partial charge in [0, 0.05) is 76.2 Å². The quantitative estimate of drug-likeness (QED) is 0.346. The fourth-order valence-corrected chi connectivity index (χ4v) is 3.70. The van der Waals surface area contributed by atoms with Crippen LogP contribution in [0.15, 0.2) is 36.4 Å². The first-order valence-corrected chi connectivity index (χ1v) is 10.7. The van der Waals surface area contributed by atoms with Crippen LogP contribution in [0.25, 0.3) is 11.1 Å². The molecular formula is C24H32N4Na2O2. The minimum Gasteiger partial charge on any atom is -0.507 e. The third kappa shape index (κ3) is 7.57. The van der Waals surface area contributed by atoms with Crippen LogP contribution in [-0.4, -0.2) is 91.5 Å². The van der Waals surface area contributed by atoms with Gasteiger partial charge in [0.1, 0.15) is 11.5 Å². The number of ether oxygens (including phenoxy) is 1. The van der Waals surface area contributed by atoms with Gasteiger partial charge in [0.2, 0.25) is 0 Å². The summed E-state index contributed by atoms with van der Waals surface area (Å²) in [5, 5.41) is 25.0. The average Bonchev–Trinajstić information content (AvgIpc) is 3.27. The summed E-state index contributed by atoms with van der Waals surface area (Å²) >= 11 is 0. The van der Waals surface area contributed by atoms with E-state index in [0.717, 1.165) is 65.9 Å². The molecule has 0 spiro atoms. The van der Waals surface area contributed by atoms with Crippen LogP contribution in [0, 0.1) is 6.92 Å². The molecule has 0 aliphatic carbocycles. The number of aryl methyl sites for hydroxylation is 2. The first-order valence-electron chi connectivity index (χ1n) is 10.7. The first kappa shape index (κ1) is 29.1. The summed E-state index contributed by atoms with van der Waals surface area (Å²) in [4.78, 5) is 0. The molecule has 0 amide bonds. The van der Waals surface area contributed by atoms with Crippen LogP contribution in [0.3, 0.4) is 0 Å². The molecule has 3 rings (SSSR count). The molecule has 162 valence electrons. The van der Waals surface area contributed by atoms with E-state index in [1.54, 1.807) is 6.07 Å².